The second kappa shape index (κ2) is 8.32. The molecular formula is C14H29. The van der Waals surface area contributed by atoms with E-state index in [0.29, 0.717) is 5.41 Å². The molecular weight excluding hydrogens is 168 g/mol. The lowest BCUT2D eigenvalue weighted by Gasteiger charge is -2.33. The maximum atomic E-state index is 2.63. The summed E-state index contributed by atoms with van der Waals surface area (Å²) in [6, 6.07) is 0. The zero-order valence-corrected chi connectivity index (χ0v) is 10.7. The van der Waals surface area contributed by atoms with Gasteiger partial charge in [0.25, 0.3) is 0 Å². The van der Waals surface area contributed by atoms with Crippen molar-refractivity contribution in [3.8, 4) is 0 Å². The first kappa shape index (κ1) is 14.0. The topological polar surface area (TPSA) is 0 Å². The minimum atomic E-state index is 0.578. The lowest BCUT2D eigenvalue weighted by atomic mass is 9.72. The SMILES string of the molecule is CCC[CH]C(CCC)(CCC)CCC. The third-order valence-corrected chi connectivity index (χ3v) is 3.11. The Balaban J connectivity index is 4.21. The minimum Gasteiger partial charge on any atom is -0.0654 e. The van der Waals surface area contributed by atoms with Gasteiger partial charge in [0.1, 0.15) is 0 Å². The van der Waals surface area contributed by atoms with Gasteiger partial charge in [0, 0.05) is 0 Å². The van der Waals surface area contributed by atoms with Crippen LogP contribution in [0.2, 0.25) is 0 Å². The van der Waals surface area contributed by atoms with Crippen LogP contribution in [0.5, 0.6) is 0 Å². The van der Waals surface area contributed by atoms with Crippen molar-refractivity contribution < 1.29 is 0 Å². The number of hydrogen-bond acceptors (Lipinski definition) is 0. The molecule has 14 heavy (non-hydrogen) atoms. The van der Waals surface area contributed by atoms with Gasteiger partial charge in [-0.1, -0.05) is 53.4 Å². The molecule has 85 valence electrons. The second-order valence-electron chi connectivity index (χ2n) is 4.61. The van der Waals surface area contributed by atoms with Crippen molar-refractivity contribution in [3.05, 3.63) is 6.42 Å². The molecule has 0 fully saturated rings. The number of hydrogen-bond donors (Lipinski definition) is 0. The summed E-state index contributed by atoms with van der Waals surface area (Å²) in [4.78, 5) is 0. The minimum absolute atomic E-state index is 0.578. The van der Waals surface area contributed by atoms with Gasteiger partial charge in [-0.05, 0) is 37.5 Å². The zero-order valence-electron chi connectivity index (χ0n) is 10.7. The standard InChI is InChI=1S/C14H29/c1-5-9-13-14(10-6-2,11-7-3)12-8-4/h13H,5-12H2,1-4H3. The van der Waals surface area contributed by atoms with Gasteiger partial charge in [-0.3, -0.25) is 0 Å². The summed E-state index contributed by atoms with van der Waals surface area (Å²) in [5, 5.41) is 0. The molecule has 0 aromatic heterocycles. The summed E-state index contributed by atoms with van der Waals surface area (Å²) >= 11 is 0. The maximum absolute atomic E-state index is 2.63. The van der Waals surface area contributed by atoms with Crippen LogP contribution in [0, 0.1) is 11.8 Å². The quantitative estimate of drug-likeness (QED) is 0.465. The molecule has 0 nitrogen and oxygen atoms in total. The van der Waals surface area contributed by atoms with Gasteiger partial charge in [0.2, 0.25) is 0 Å². The Morgan fingerprint density at radius 2 is 1.14 bits per heavy atom. The molecule has 0 heterocycles. The first-order chi connectivity index (χ1) is 6.74. The van der Waals surface area contributed by atoms with E-state index in [1.165, 1.54) is 51.4 Å². The van der Waals surface area contributed by atoms with E-state index in [2.05, 4.69) is 34.1 Å². The fourth-order valence-electron chi connectivity index (χ4n) is 2.63. The van der Waals surface area contributed by atoms with Crippen molar-refractivity contribution in [2.75, 3.05) is 0 Å². The van der Waals surface area contributed by atoms with E-state index in [1.807, 2.05) is 0 Å². The van der Waals surface area contributed by atoms with Crippen LogP contribution in [-0.4, -0.2) is 0 Å². The largest absolute Gasteiger partial charge is 0.0654 e. The molecule has 0 aliphatic heterocycles. The molecule has 0 aromatic rings. The van der Waals surface area contributed by atoms with Crippen LogP contribution in [-0.2, 0) is 0 Å². The highest BCUT2D eigenvalue weighted by Crippen LogP contribution is 2.39. The predicted octanol–water partition coefficient (Wildman–Crippen LogP) is 5.38. The van der Waals surface area contributed by atoms with Crippen molar-refractivity contribution in [2.24, 2.45) is 5.41 Å². The van der Waals surface area contributed by atoms with Crippen molar-refractivity contribution in [2.45, 2.75) is 79.1 Å². The van der Waals surface area contributed by atoms with Crippen molar-refractivity contribution in [1.29, 1.82) is 0 Å². The summed E-state index contributed by atoms with van der Waals surface area (Å²) in [7, 11) is 0. The highest BCUT2D eigenvalue weighted by molar-refractivity contribution is 4.91. The fourth-order valence-corrected chi connectivity index (χ4v) is 2.63. The monoisotopic (exact) mass is 197 g/mol. The molecule has 0 amide bonds. The first-order valence-electron chi connectivity index (χ1n) is 6.59. The van der Waals surface area contributed by atoms with Gasteiger partial charge in [0.05, 0.1) is 0 Å². The van der Waals surface area contributed by atoms with Gasteiger partial charge in [-0.2, -0.15) is 0 Å². The van der Waals surface area contributed by atoms with Crippen LogP contribution < -0.4 is 0 Å². The summed E-state index contributed by atoms with van der Waals surface area (Å²) in [5.74, 6) is 0. The third-order valence-electron chi connectivity index (χ3n) is 3.11. The number of rotatable bonds is 9. The summed E-state index contributed by atoms with van der Waals surface area (Å²) in [5.41, 5.74) is 0.578. The molecule has 0 aromatic carbocycles. The fraction of sp³-hybridized carbons (Fsp3) is 0.929. The summed E-state index contributed by atoms with van der Waals surface area (Å²) < 4.78 is 0. The van der Waals surface area contributed by atoms with Crippen LogP contribution in [0.1, 0.15) is 79.1 Å². The van der Waals surface area contributed by atoms with Gasteiger partial charge in [-0.25, -0.2) is 0 Å². The van der Waals surface area contributed by atoms with Gasteiger partial charge in [-0.15, -0.1) is 0 Å². The van der Waals surface area contributed by atoms with E-state index in [4.69, 9.17) is 0 Å². The van der Waals surface area contributed by atoms with E-state index in [-0.39, 0.29) is 0 Å². The average Bonchev–Trinajstić information content (AvgIpc) is 2.16. The smallest absolute Gasteiger partial charge is 0.0267 e. The third kappa shape index (κ3) is 5.02. The zero-order chi connectivity index (χ0) is 10.9. The predicted molar refractivity (Wildman–Crippen MR) is 66.4 cm³/mol. The van der Waals surface area contributed by atoms with Crippen LogP contribution in [0.4, 0.5) is 0 Å². The Morgan fingerprint density at radius 3 is 1.43 bits per heavy atom. The summed E-state index contributed by atoms with van der Waals surface area (Å²) in [6.07, 6.45) is 13.4. The lowest BCUT2D eigenvalue weighted by molar-refractivity contribution is 0.252. The average molecular weight is 197 g/mol. The molecule has 1 radical (unpaired) electrons. The Kier molecular flexibility index (Phi) is 8.32. The van der Waals surface area contributed by atoms with E-state index >= 15 is 0 Å². The molecule has 0 unspecified atom stereocenters. The molecule has 0 atom stereocenters. The molecule has 0 N–H and O–H groups in total. The molecule has 0 bridgehead atoms. The molecule has 0 saturated carbocycles. The Morgan fingerprint density at radius 1 is 0.714 bits per heavy atom. The Labute approximate surface area is 91.5 Å². The van der Waals surface area contributed by atoms with E-state index in [9.17, 15) is 0 Å². The van der Waals surface area contributed by atoms with E-state index < -0.39 is 0 Å². The normalized spacial score (nSPS) is 12.0. The van der Waals surface area contributed by atoms with Crippen molar-refractivity contribution >= 4 is 0 Å². The van der Waals surface area contributed by atoms with E-state index in [0.717, 1.165) is 0 Å². The molecule has 0 rings (SSSR count). The Hall–Kier alpha value is 0. The molecule has 0 aliphatic carbocycles. The van der Waals surface area contributed by atoms with Crippen molar-refractivity contribution in [1.82, 2.24) is 0 Å². The van der Waals surface area contributed by atoms with Crippen LogP contribution >= 0.6 is 0 Å². The highest BCUT2D eigenvalue weighted by atomic mass is 14.3. The maximum Gasteiger partial charge on any atom is -0.0267 e. The van der Waals surface area contributed by atoms with Crippen LogP contribution in [0.25, 0.3) is 0 Å². The summed E-state index contributed by atoms with van der Waals surface area (Å²) in [6.45, 7) is 9.24. The molecule has 0 saturated heterocycles. The van der Waals surface area contributed by atoms with E-state index in [1.54, 1.807) is 0 Å². The van der Waals surface area contributed by atoms with Gasteiger partial charge in [0.15, 0.2) is 0 Å². The van der Waals surface area contributed by atoms with Crippen molar-refractivity contribution in [3.63, 3.8) is 0 Å². The van der Waals surface area contributed by atoms with Gasteiger partial charge >= 0.3 is 0 Å². The molecule has 0 spiro atoms. The Bertz CT molecular complexity index is 98.2. The molecule has 0 aliphatic rings. The highest BCUT2D eigenvalue weighted by Gasteiger charge is 2.26. The van der Waals surface area contributed by atoms with Crippen LogP contribution in [0.15, 0.2) is 0 Å². The van der Waals surface area contributed by atoms with Gasteiger partial charge < -0.3 is 0 Å². The number of unbranched alkanes of at least 4 members (excludes halogenated alkanes) is 1. The lowest BCUT2D eigenvalue weighted by Crippen LogP contribution is -2.21. The van der Waals surface area contributed by atoms with Crippen LogP contribution in [0.3, 0.4) is 0 Å². The second-order valence-corrected chi connectivity index (χ2v) is 4.61. The molecule has 0 heteroatoms. The first-order valence-corrected chi connectivity index (χ1v) is 6.59.